The summed E-state index contributed by atoms with van der Waals surface area (Å²) in [5, 5.41) is 22.6. The fraction of sp³-hybridized carbons (Fsp3) is 0.571. The highest BCUT2D eigenvalue weighted by molar-refractivity contribution is 7.09. The molecule has 0 aromatic carbocycles. The second kappa shape index (κ2) is 8.63. The number of thiophene rings is 1. The molecule has 3 N–H and O–H groups in total. The molecule has 0 saturated carbocycles. The molecule has 6 nitrogen and oxygen atoms in total. The Morgan fingerprint density at radius 1 is 1.43 bits per heavy atom. The third-order valence-corrected chi connectivity index (χ3v) is 3.95. The van der Waals surface area contributed by atoms with Gasteiger partial charge in [-0.2, -0.15) is 0 Å². The van der Waals surface area contributed by atoms with E-state index < -0.39 is 12.0 Å². The molecule has 0 spiro atoms. The summed E-state index contributed by atoms with van der Waals surface area (Å²) in [5.74, 6) is -0.927. The highest BCUT2D eigenvalue weighted by Gasteiger charge is 2.22. The Morgan fingerprint density at radius 3 is 2.62 bits per heavy atom. The van der Waals surface area contributed by atoms with Crippen LogP contribution in [0.3, 0.4) is 0 Å². The number of amides is 2. The SMILES string of the molecule is CC(C)[C@H](CC(=O)O)NC(=O)N(CCO)Cc1cccs1. The van der Waals surface area contributed by atoms with Gasteiger partial charge in [-0.1, -0.05) is 19.9 Å². The second-order valence-corrected chi connectivity index (χ2v) is 6.15. The Hall–Kier alpha value is -1.60. The Kier molecular flexibility index (Phi) is 7.18. The number of carbonyl (C=O) groups excluding carboxylic acids is 1. The van der Waals surface area contributed by atoms with E-state index in [0.717, 1.165) is 4.88 Å². The molecule has 7 heteroatoms. The molecule has 1 aromatic heterocycles. The van der Waals surface area contributed by atoms with E-state index in [-0.39, 0.29) is 31.5 Å². The summed E-state index contributed by atoms with van der Waals surface area (Å²) < 4.78 is 0. The minimum atomic E-state index is -0.944. The molecule has 1 rings (SSSR count). The Morgan fingerprint density at radius 2 is 2.14 bits per heavy atom. The van der Waals surface area contributed by atoms with Crippen LogP contribution in [0.25, 0.3) is 0 Å². The number of nitrogens with zero attached hydrogens (tertiary/aromatic N) is 1. The first-order valence-corrected chi connectivity index (χ1v) is 7.72. The van der Waals surface area contributed by atoms with Gasteiger partial charge in [0.05, 0.1) is 19.6 Å². The predicted octanol–water partition coefficient (Wildman–Crippen LogP) is 1.75. The average Bonchev–Trinajstić information content (AvgIpc) is 2.89. The van der Waals surface area contributed by atoms with Crippen molar-refractivity contribution in [2.45, 2.75) is 32.9 Å². The summed E-state index contributed by atoms with van der Waals surface area (Å²) in [6.07, 6.45) is -0.116. The maximum Gasteiger partial charge on any atom is 0.318 e. The molecule has 0 fully saturated rings. The number of hydrogen-bond donors (Lipinski definition) is 3. The molecule has 21 heavy (non-hydrogen) atoms. The molecule has 0 aliphatic heterocycles. The highest BCUT2D eigenvalue weighted by Crippen LogP contribution is 2.13. The molecule has 1 heterocycles. The van der Waals surface area contributed by atoms with Crippen LogP contribution in [0.5, 0.6) is 0 Å². The fourth-order valence-electron chi connectivity index (χ4n) is 1.86. The van der Waals surface area contributed by atoms with Crippen molar-refractivity contribution in [1.29, 1.82) is 0 Å². The van der Waals surface area contributed by atoms with Gasteiger partial charge in [-0.25, -0.2) is 4.79 Å². The molecule has 0 aliphatic rings. The van der Waals surface area contributed by atoms with Crippen LogP contribution < -0.4 is 5.32 Å². The maximum atomic E-state index is 12.3. The first-order chi connectivity index (χ1) is 9.93. The van der Waals surface area contributed by atoms with Crippen LogP contribution in [0.4, 0.5) is 4.79 Å². The van der Waals surface area contributed by atoms with Crippen LogP contribution in [-0.2, 0) is 11.3 Å². The number of aliphatic hydroxyl groups is 1. The zero-order valence-electron chi connectivity index (χ0n) is 12.3. The topological polar surface area (TPSA) is 89.9 Å². The molecule has 2 amide bonds. The van der Waals surface area contributed by atoms with E-state index >= 15 is 0 Å². The third-order valence-electron chi connectivity index (χ3n) is 3.09. The second-order valence-electron chi connectivity index (χ2n) is 5.12. The monoisotopic (exact) mass is 314 g/mol. The van der Waals surface area contributed by atoms with E-state index in [9.17, 15) is 9.59 Å². The average molecular weight is 314 g/mol. The first kappa shape index (κ1) is 17.5. The first-order valence-electron chi connectivity index (χ1n) is 6.84. The number of rotatable bonds is 8. The number of aliphatic carboxylic acids is 1. The lowest BCUT2D eigenvalue weighted by Crippen LogP contribution is -2.48. The molecule has 0 radical (unpaired) electrons. The zero-order chi connectivity index (χ0) is 15.8. The number of aliphatic hydroxyl groups excluding tert-OH is 1. The molecule has 0 bridgehead atoms. The van der Waals surface area contributed by atoms with Gasteiger partial charge in [-0.3, -0.25) is 4.79 Å². The van der Waals surface area contributed by atoms with Gasteiger partial charge in [0, 0.05) is 17.5 Å². The number of carbonyl (C=O) groups is 2. The van der Waals surface area contributed by atoms with Gasteiger partial charge in [-0.05, 0) is 17.4 Å². The van der Waals surface area contributed by atoms with Gasteiger partial charge in [0.25, 0.3) is 0 Å². The number of carboxylic acid groups (broad SMARTS) is 1. The largest absolute Gasteiger partial charge is 0.481 e. The fourth-order valence-corrected chi connectivity index (χ4v) is 2.57. The molecule has 0 saturated heterocycles. The Labute approximate surface area is 128 Å². The van der Waals surface area contributed by atoms with Crippen molar-refractivity contribution in [3.8, 4) is 0 Å². The lowest BCUT2D eigenvalue weighted by Gasteiger charge is -2.27. The lowest BCUT2D eigenvalue weighted by atomic mass is 10.0. The van der Waals surface area contributed by atoms with Crippen molar-refractivity contribution < 1.29 is 19.8 Å². The summed E-state index contributed by atoms with van der Waals surface area (Å²) in [7, 11) is 0. The molecule has 1 aromatic rings. The Bertz CT molecular complexity index is 448. The predicted molar refractivity (Wildman–Crippen MR) is 81.2 cm³/mol. The minimum Gasteiger partial charge on any atom is -0.481 e. The van der Waals surface area contributed by atoms with Crippen molar-refractivity contribution in [2.24, 2.45) is 5.92 Å². The summed E-state index contributed by atoms with van der Waals surface area (Å²) in [5.41, 5.74) is 0. The van der Waals surface area contributed by atoms with Crippen LogP contribution >= 0.6 is 11.3 Å². The van der Waals surface area contributed by atoms with Crippen LogP contribution in [-0.4, -0.2) is 46.3 Å². The van der Waals surface area contributed by atoms with E-state index in [2.05, 4.69) is 5.32 Å². The molecule has 0 unspecified atom stereocenters. The van der Waals surface area contributed by atoms with E-state index in [1.807, 2.05) is 31.4 Å². The van der Waals surface area contributed by atoms with Crippen molar-refractivity contribution >= 4 is 23.3 Å². The number of nitrogens with one attached hydrogen (secondary N) is 1. The standard InChI is InChI=1S/C14H22N2O4S/c1-10(2)12(8-13(18)19)15-14(20)16(5-6-17)9-11-4-3-7-21-11/h3-4,7,10,12,17H,5-6,8-9H2,1-2H3,(H,15,20)(H,18,19)/t12-/m0/s1. The van der Waals surface area contributed by atoms with Gasteiger partial charge in [0.2, 0.25) is 0 Å². The zero-order valence-corrected chi connectivity index (χ0v) is 13.1. The molecule has 0 aliphatic carbocycles. The van der Waals surface area contributed by atoms with E-state index in [1.54, 1.807) is 0 Å². The van der Waals surface area contributed by atoms with Crippen molar-refractivity contribution in [3.05, 3.63) is 22.4 Å². The molecule has 118 valence electrons. The van der Waals surface area contributed by atoms with Gasteiger partial charge < -0.3 is 20.4 Å². The van der Waals surface area contributed by atoms with Crippen LogP contribution in [0, 0.1) is 5.92 Å². The maximum absolute atomic E-state index is 12.3. The lowest BCUT2D eigenvalue weighted by molar-refractivity contribution is -0.137. The van der Waals surface area contributed by atoms with Gasteiger partial charge in [0.1, 0.15) is 0 Å². The molecular formula is C14H22N2O4S. The number of carboxylic acids is 1. The van der Waals surface area contributed by atoms with Crippen LogP contribution in [0.15, 0.2) is 17.5 Å². The summed E-state index contributed by atoms with van der Waals surface area (Å²) in [4.78, 5) is 25.6. The van der Waals surface area contributed by atoms with E-state index in [1.165, 1.54) is 16.2 Å². The smallest absolute Gasteiger partial charge is 0.318 e. The quantitative estimate of drug-likeness (QED) is 0.682. The van der Waals surface area contributed by atoms with E-state index in [4.69, 9.17) is 10.2 Å². The summed E-state index contributed by atoms with van der Waals surface area (Å²) in [6.45, 7) is 4.21. The van der Waals surface area contributed by atoms with Crippen molar-refractivity contribution in [1.82, 2.24) is 10.2 Å². The Balaban J connectivity index is 2.68. The van der Waals surface area contributed by atoms with Crippen molar-refractivity contribution in [2.75, 3.05) is 13.2 Å². The molecule has 1 atom stereocenters. The number of hydrogen-bond acceptors (Lipinski definition) is 4. The summed E-state index contributed by atoms with van der Waals surface area (Å²) >= 11 is 1.53. The van der Waals surface area contributed by atoms with Gasteiger partial charge in [0.15, 0.2) is 0 Å². The van der Waals surface area contributed by atoms with Gasteiger partial charge in [-0.15, -0.1) is 11.3 Å². The van der Waals surface area contributed by atoms with Crippen molar-refractivity contribution in [3.63, 3.8) is 0 Å². The highest BCUT2D eigenvalue weighted by atomic mass is 32.1. The third kappa shape index (κ3) is 6.14. The van der Waals surface area contributed by atoms with Gasteiger partial charge >= 0.3 is 12.0 Å². The molecular weight excluding hydrogens is 292 g/mol. The number of urea groups is 1. The van der Waals surface area contributed by atoms with Crippen LogP contribution in [0.2, 0.25) is 0 Å². The minimum absolute atomic E-state index is 0.0164. The summed E-state index contributed by atoms with van der Waals surface area (Å²) in [6, 6.07) is 3.03. The van der Waals surface area contributed by atoms with Crippen LogP contribution in [0.1, 0.15) is 25.1 Å². The van der Waals surface area contributed by atoms with E-state index in [0.29, 0.717) is 6.54 Å². The normalized spacial score (nSPS) is 12.2.